The minimum absolute atomic E-state index is 0.649. The molecule has 0 rings (SSSR count). The minimum Gasteiger partial charge on any atom is -0.480 e. The van der Waals surface area contributed by atoms with Gasteiger partial charge < -0.3 is 68.7 Å². The van der Waals surface area contributed by atoms with Crippen LogP contribution >= 0.6 is 0 Å². The zero-order chi connectivity index (χ0) is 40.8. The average Bonchev–Trinajstić information content (AvgIpc) is 3.03. The zero-order valence-corrected chi connectivity index (χ0v) is 30.5. The number of nitrogens with one attached hydrogen (secondary N) is 8. The maximum absolute atomic E-state index is 13.1. The zero-order valence-electron chi connectivity index (χ0n) is 30.5. The van der Waals surface area contributed by atoms with Gasteiger partial charge in [0.1, 0.15) is 48.3 Å². The molecule has 0 radical (unpaired) electrons. The molecular formula is C30H53N9O13. The van der Waals surface area contributed by atoms with E-state index in [1.807, 2.05) is 0 Å². The molecule has 0 bridgehead atoms. The number of carboxylic acid groups (broad SMARTS) is 1. The van der Waals surface area contributed by atoms with Gasteiger partial charge >= 0.3 is 5.97 Å². The Morgan fingerprint density at radius 2 is 0.577 bits per heavy atom. The SMILES string of the molecule is C[C@H](N)C(=O)N[C@@H](C)C(=O)N[C@H](C(=O)N[C@@H](C)C(=O)N[C@H](C(=O)N[C@H](C(=O)N[C@@H](C)C(=O)N[C@@H](C)C(=O)N[C@@H](C)C(=O)O)[C@@H](C)O)[C@@H](C)O)[C@@H](C)O. The van der Waals surface area contributed by atoms with E-state index in [1.165, 1.54) is 48.5 Å². The van der Waals surface area contributed by atoms with Gasteiger partial charge in [0.2, 0.25) is 47.3 Å². The fourth-order valence-corrected chi connectivity index (χ4v) is 3.97. The Balaban J connectivity index is 5.52. The summed E-state index contributed by atoms with van der Waals surface area (Å²) in [5, 5.41) is 57.4. The van der Waals surface area contributed by atoms with E-state index in [1.54, 1.807) is 0 Å². The van der Waals surface area contributed by atoms with Gasteiger partial charge in [-0.25, -0.2) is 0 Å². The Morgan fingerprint density at radius 3 is 0.846 bits per heavy atom. The molecule has 0 fully saturated rings. The first kappa shape index (κ1) is 47.1. The predicted molar refractivity (Wildman–Crippen MR) is 180 cm³/mol. The van der Waals surface area contributed by atoms with Gasteiger partial charge in [-0.1, -0.05) is 0 Å². The first-order chi connectivity index (χ1) is 23.8. The van der Waals surface area contributed by atoms with Gasteiger partial charge in [0, 0.05) is 0 Å². The Kier molecular flexibility index (Phi) is 19.4. The maximum atomic E-state index is 13.1. The van der Waals surface area contributed by atoms with Crippen LogP contribution in [-0.4, -0.2) is 146 Å². The molecule has 52 heavy (non-hydrogen) atoms. The van der Waals surface area contributed by atoms with E-state index in [0.29, 0.717) is 0 Å². The third kappa shape index (κ3) is 15.5. The molecule has 0 saturated carbocycles. The van der Waals surface area contributed by atoms with Gasteiger partial charge in [0.25, 0.3) is 0 Å². The van der Waals surface area contributed by atoms with Crippen LogP contribution < -0.4 is 48.3 Å². The first-order valence-electron chi connectivity index (χ1n) is 16.3. The number of carboxylic acids is 1. The molecule has 0 spiro atoms. The van der Waals surface area contributed by atoms with Crippen LogP contribution in [0.15, 0.2) is 0 Å². The summed E-state index contributed by atoms with van der Waals surface area (Å²) in [5.41, 5.74) is 5.46. The fourth-order valence-electron chi connectivity index (χ4n) is 3.97. The van der Waals surface area contributed by atoms with Crippen molar-refractivity contribution in [1.82, 2.24) is 42.5 Å². The fraction of sp³-hybridized carbons (Fsp3) is 0.700. The van der Waals surface area contributed by atoms with Gasteiger partial charge in [-0.3, -0.25) is 43.2 Å². The third-order valence-electron chi connectivity index (χ3n) is 7.34. The van der Waals surface area contributed by atoms with Crippen LogP contribution in [0, 0.1) is 0 Å². The molecule has 0 aliphatic carbocycles. The summed E-state index contributed by atoms with van der Waals surface area (Å²) in [6.07, 6.45) is -4.64. The van der Waals surface area contributed by atoms with Crippen LogP contribution in [0.4, 0.5) is 0 Å². The summed E-state index contributed by atoms with van der Waals surface area (Å²) in [6, 6.07) is -12.4. The quantitative estimate of drug-likeness (QED) is 0.0551. The van der Waals surface area contributed by atoms with Crippen molar-refractivity contribution in [3.8, 4) is 0 Å². The number of aliphatic carboxylic acids is 1. The van der Waals surface area contributed by atoms with Gasteiger partial charge in [0.05, 0.1) is 24.4 Å². The van der Waals surface area contributed by atoms with Crippen molar-refractivity contribution in [2.24, 2.45) is 5.73 Å². The number of carbonyl (C=O) groups excluding carboxylic acids is 8. The molecule has 0 unspecified atom stereocenters. The highest BCUT2D eigenvalue weighted by molar-refractivity contribution is 5.98. The smallest absolute Gasteiger partial charge is 0.325 e. The summed E-state index contributed by atoms with van der Waals surface area (Å²) >= 11 is 0. The molecule has 14 N–H and O–H groups in total. The second kappa shape index (κ2) is 21.4. The lowest BCUT2D eigenvalue weighted by Gasteiger charge is -2.28. The van der Waals surface area contributed by atoms with Gasteiger partial charge in [-0.2, -0.15) is 0 Å². The second-order valence-electron chi connectivity index (χ2n) is 12.5. The molecule has 12 atom stereocenters. The van der Waals surface area contributed by atoms with E-state index < -0.39 is 126 Å². The third-order valence-corrected chi connectivity index (χ3v) is 7.34. The van der Waals surface area contributed by atoms with Crippen LogP contribution in [0.1, 0.15) is 62.3 Å². The molecular weight excluding hydrogens is 694 g/mol. The lowest BCUT2D eigenvalue weighted by atomic mass is 10.1. The number of aliphatic hydroxyl groups excluding tert-OH is 3. The van der Waals surface area contributed by atoms with Gasteiger partial charge in [0.15, 0.2) is 0 Å². The summed E-state index contributed by atoms with van der Waals surface area (Å²) in [7, 11) is 0. The van der Waals surface area contributed by atoms with Crippen molar-refractivity contribution in [2.45, 2.75) is 135 Å². The Morgan fingerprint density at radius 1 is 0.365 bits per heavy atom. The van der Waals surface area contributed by atoms with E-state index in [4.69, 9.17) is 10.8 Å². The number of rotatable bonds is 20. The topological polar surface area (TPSA) is 357 Å². The molecule has 22 nitrogen and oxygen atoms in total. The minimum atomic E-state index is -1.75. The van der Waals surface area contributed by atoms with Gasteiger partial charge in [-0.05, 0) is 62.3 Å². The monoisotopic (exact) mass is 747 g/mol. The number of hydrogen-bond donors (Lipinski definition) is 13. The Bertz CT molecular complexity index is 1330. The Hall–Kier alpha value is -4.93. The standard InChI is InChI=1S/C30H53N9O13/c1-10(31)22(43)32-13(4)25(46)37-19(16(7)40)27(48)35-14(5)26(47)38-21(18(9)42)29(50)39-20(17(8)41)28(49)34-12(3)23(44)33-11(2)24(45)36-15(6)30(51)52/h10-21,40-42H,31H2,1-9H3,(H,32,43)(H,33,44)(H,34,49)(H,35,48)(H,36,45)(H,37,46)(H,38,47)(H,39,50)(H,51,52)/t10-,11-,12-,13-,14-,15-,16+,17+,18+,19-,20-,21-/m0/s1. The number of aliphatic hydroxyl groups is 3. The molecule has 0 saturated heterocycles. The molecule has 0 aromatic rings. The van der Waals surface area contributed by atoms with Crippen molar-refractivity contribution in [3.63, 3.8) is 0 Å². The molecule has 8 amide bonds. The largest absolute Gasteiger partial charge is 0.480 e. The molecule has 22 heteroatoms. The number of hydrogen-bond acceptors (Lipinski definition) is 13. The number of amides is 8. The number of carbonyl (C=O) groups is 9. The average molecular weight is 748 g/mol. The predicted octanol–water partition coefficient (Wildman–Crippen LogP) is -6.46. The van der Waals surface area contributed by atoms with E-state index >= 15 is 0 Å². The van der Waals surface area contributed by atoms with E-state index in [2.05, 4.69) is 42.5 Å². The highest BCUT2D eigenvalue weighted by atomic mass is 16.4. The maximum Gasteiger partial charge on any atom is 0.325 e. The van der Waals surface area contributed by atoms with Crippen molar-refractivity contribution in [3.05, 3.63) is 0 Å². The summed E-state index contributed by atoms with van der Waals surface area (Å²) in [6.45, 7) is 11.0. The normalized spacial score (nSPS) is 17.9. The van der Waals surface area contributed by atoms with E-state index in [9.17, 15) is 58.5 Å². The van der Waals surface area contributed by atoms with Crippen LogP contribution in [0.3, 0.4) is 0 Å². The van der Waals surface area contributed by atoms with Crippen LogP contribution in [-0.2, 0) is 43.2 Å². The summed E-state index contributed by atoms with van der Waals surface area (Å²) < 4.78 is 0. The molecule has 0 aromatic heterocycles. The van der Waals surface area contributed by atoms with Crippen molar-refractivity contribution in [2.75, 3.05) is 0 Å². The van der Waals surface area contributed by atoms with Crippen molar-refractivity contribution >= 4 is 53.2 Å². The molecule has 0 aromatic carbocycles. The Labute approximate surface area is 300 Å². The van der Waals surface area contributed by atoms with Crippen molar-refractivity contribution < 1.29 is 63.6 Å². The summed E-state index contributed by atoms with van der Waals surface area (Å²) in [4.78, 5) is 112. The van der Waals surface area contributed by atoms with Gasteiger partial charge in [-0.15, -0.1) is 0 Å². The first-order valence-corrected chi connectivity index (χ1v) is 16.3. The molecule has 0 heterocycles. The van der Waals surface area contributed by atoms with E-state index in [-0.39, 0.29) is 0 Å². The summed E-state index contributed by atoms with van der Waals surface area (Å²) in [5.74, 6) is -8.78. The molecule has 0 aliphatic rings. The second-order valence-corrected chi connectivity index (χ2v) is 12.5. The van der Waals surface area contributed by atoms with Crippen LogP contribution in [0.5, 0.6) is 0 Å². The molecule has 296 valence electrons. The molecule has 0 aliphatic heterocycles. The van der Waals surface area contributed by atoms with Crippen molar-refractivity contribution in [1.29, 1.82) is 0 Å². The lowest BCUT2D eigenvalue weighted by molar-refractivity contribution is -0.141. The van der Waals surface area contributed by atoms with E-state index in [0.717, 1.165) is 13.8 Å². The van der Waals surface area contributed by atoms with Crippen LogP contribution in [0.25, 0.3) is 0 Å². The highest BCUT2D eigenvalue weighted by Gasteiger charge is 2.35. The lowest BCUT2D eigenvalue weighted by Crippen LogP contribution is -2.63. The number of nitrogens with two attached hydrogens (primary N) is 1. The highest BCUT2D eigenvalue weighted by Crippen LogP contribution is 2.02. The van der Waals surface area contributed by atoms with Crippen LogP contribution in [0.2, 0.25) is 0 Å².